The van der Waals surface area contributed by atoms with Gasteiger partial charge in [0.05, 0.1) is 39.5 Å². The minimum absolute atomic E-state index is 0.159. The number of nitrogens with zero attached hydrogens (tertiary/aromatic N) is 3. The summed E-state index contributed by atoms with van der Waals surface area (Å²) in [5, 5.41) is 7.19. The molecule has 1 aliphatic rings. The van der Waals surface area contributed by atoms with E-state index in [-0.39, 0.29) is 44.9 Å². The van der Waals surface area contributed by atoms with Gasteiger partial charge >= 0.3 is 0 Å². The maximum atomic E-state index is 15.3. The molecule has 1 N–H and O–H groups in total. The number of rotatable bonds is 7. The molecule has 4 aromatic rings. The van der Waals surface area contributed by atoms with E-state index in [9.17, 15) is 13.2 Å². The Hall–Kier alpha value is -3.79. The number of hydrogen-bond acceptors (Lipinski definition) is 6. The molecule has 1 fully saturated rings. The van der Waals surface area contributed by atoms with E-state index in [1.54, 1.807) is 60.5 Å². The maximum Gasteiger partial charge on any atom is 0.228 e. The highest BCUT2D eigenvalue weighted by Gasteiger charge is 2.33. The van der Waals surface area contributed by atoms with Gasteiger partial charge in [-0.05, 0) is 76.4 Å². The van der Waals surface area contributed by atoms with Crippen molar-refractivity contribution < 1.29 is 22.3 Å². The van der Waals surface area contributed by atoms with Crippen molar-refractivity contribution in [2.24, 2.45) is 0 Å². The molecule has 2 aromatic carbocycles. The third-order valence-corrected chi connectivity index (χ3v) is 9.29. The Balaban J connectivity index is 1.36. The second-order valence-corrected chi connectivity index (χ2v) is 13.1. The van der Waals surface area contributed by atoms with Gasteiger partial charge in [0.25, 0.3) is 0 Å². The first-order valence-electron chi connectivity index (χ1n) is 12.9. The van der Waals surface area contributed by atoms with Crippen LogP contribution in [0, 0.1) is 12.7 Å². The van der Waals surface area contributed by atoms with Gasteiger partial charge in [0.1, 0.15) is 17.3 Å². The molecule has 0 spiro atoms. The van der Waals surface area contributed by atoms with Gasteiger partial charge in [0.2, 0.25) is 5.91 Å². The summed E-state index contributed by atoms with van der Waals surface area (Å²) >= 11 is 0. The lowest BCUT2D eigenvalue weighted by Gasteiger charge is -2.25. The standard InChI is InChI=1S/C29H31FN4O4S/c1-18-25(11-8-19(28(18)30)14-27(35)33-20-16-32-34(17-20)29(2,3)4)38-26-12-13-31-24-10-9-22(15-23(24)26)39(36,37)21-6-5-7-21/h8-13,15-17,21H,5-7,14H2,1-4H3,(H,33,35). The molecule has 10 heteroatoms. The van der Waals surface area contributed by atoms with E-state index in [2.05, 4.69) is 15.4 Å². The highest BCUT2D eigenvalue weighted by molar-refractivity contribution is 7.92. The van der Waals surface area contributed by atoms with Gasteiger partial charge < -0.3 is 10.1 Å². The average Bonchev–Trinajstić information content (AvgIpc) is 3.31. The van der Waals surface area contributed by atoms with Crippen LogP contribution >= 0.6 is 0 Å². The number of carbonyl (C=O) groups is 1. The van der Waals surface area contributed by atoms with Gasteiger partial charge in [-0.1, -0.05) is 12.5 Å². The lowest BCUT2D eigenvalue weighted by atomic mass is 10.00. The number of nitrogens with one attached hydrogen (secondary N) is 1. The van der Waals surface area contributed by atoms with E-state index >= 15 is 4.39 Å². The first-order valence-corrected chi connectivity index (χ1v) is 14.4. The molecule has 1 aliphatic carbocycles. The monoisotopic (exact) mass is 550 g/mol. The molecule has 1 saturated carbocycles. The van der Waals surface area contributed by atoms with Gasteiger partial charge in [-0.15, -0.1) is 0 Å². The third-order valence-electron chi connectivity index (χ3n) is 7.03. The molecule has 5 rings (SSSR count). The molecule has 0 saturated heterocycles. The minimum atomic E-state index is -3.43. The normalized spacial score (nSPS) is 14.3. The quantitative estimate of drug-likeness (QED) is 0.306. The average molecular weight is 551 g/mol. The molecule has 2 aromatic heterocycles. The number of benzene rings is 2. The van der Waals surface area contributed by atoms with Gasteiger partial charge in [-0.2, -0.15) is 5.10 Å². The summed E-state index contributed by atoms with van der Waals surface area (Å²) in [7, 11) is -3.43. The zero-order valence-electron chi connectivity index (χ0n) is 22.4. The Labute approximate surface area is 227 Å². The highest BCUT2D eigenvalue weighted by Crippen LogP contribution is 2.36. The van der Waals surface area contributed by atoms with Crippen molar-refractivity contribution in [2.45, 2.75) is 69.1 Å². The first kappa shape index (κ1) is 26.8. The van der Waals surface area contributed by atoms with Crippen LogP contribution in [0.2, 0.25) is 0 Å². The second kappa shape index (κ2) is 10.1. The number of aromatic nitrogens is 3. The van der Waals surface area contributed by atoms with E-state index in [4.69, 9.17) is 4.74 Å². The lowest BCUT2D eigenvalue weighted by Crippen LogP contribution is -2.28. The fraction of sp³-hybridized carbons (Fsp3) is 0.345. The van der Waals surface area contributed by atoms with Crippen LogP contribution in [-0.4, -0.2) is 34.3 Å². The van der Waals surface area contributed by atoms with Crippen LogP contribution in [0.1, 0.15) is 51.2 Å². The SMILES string of the molecule is Cc1c(Oc2ccnc3ccc(S(=O)(=O)C4CCC4)cc23)ccc(CC(=O)Nc2cnn(C(C)(C)C)c2)c1F. The zero-order chi connectivity index (χ0) is 27.9. The van der Waals surface area contributed by atoms with Crippen molar-refractivity contribution in [1.29, 1.82) is 0 Å². The topological polar surface area (TPSA) is 103 Å². The van der Waals surface area contributed by atoms with Crippen LogP contribution in [0.4, 0.5) is 10.1 Å². The van der Waals surface area contributed by atoms with Crippen LogP contribution in [0.25, 0.3) is 10.9 Å². The smallest absolute Gasteiger partial charge is 0.228 e. The Bertz CT molecular complexity index is 1670. The maximum absolute atomic E-state index is 15.3. The van der Waals surface area contributed by atoms with E-state index in [0.717, 1.165) is 6.42 Å². The predicted molar refractivity (Wildman–Crippen MR) is 147 cm³/mol. The summed E-state index contributed by atoms with van der Waals surface area (Å²) < 4.78 is 49.1. The molecule has 0 radical (unpaired) electrons. The van der Waals surface area contributed by atoms with Gasteiger partial charge in [0.15, 0.2) is 9.84 Å². The fourth-order valence-corrected chi connectivity index (χ4v) is 6.34. The van der Waals surface area contributed by atoms with Gasteiger partial charge in [0, 0.05) is 23.3 Å². The molecule has 0 atom stereocenters. The molecule has 204 valence electrons. The molecule has 39 heavy (non-hydrogen) atoms. The van der Waals surface area contributed by atoms with Crippen LogP contribution in [0.5, 0.6) is 11.5 Å². The van der Waals surface area contributed by atoms with Crippen LogP contribution in [0.3, 0.4) is 0 Å². The van der Waals surface area contributed by atoms with Crippen molar-refractivity contribution in [1.82, 2.24) is 14.8 Å². The van der Waals surface area contributed by atoms with Gasteiger partial charge in [-0.25, -0.2) is 12.8 Å². The number of ether oxygens (including phenoxy) is 1. The van der Waals surface area contributed by atoms with Crippen LogP contribution < -0.4 is 10.1 Å². The number of carbonyl (C=O) groups excluding carboxylic acids is 1. The molecule has 0 bridgehead atoms. The van der Waals surface area contributed by atoms with Crippen molar-refractivity contribution in [2.75, 3.05) is 5.32 Å². The van der Waals surface area contributed by atoms with E-state index in [1.807, 2.05) is 20.8 Å². The van der Waals surface area contributed by atoms with Crippen molar-refractivity contribution >= 4 is 32.3 Å². The number of hydrogen-bond donors (Lipinski definition) is 1. The Kier molecular flexibility index (Phi) is 6.92. The summed E-state index contributed by atoms with van der Waals surface area (Å²) in [6.45, 7) is 7.57. The van der Waals surface area contributed by atoms with Crippen molar-refractivity contribution in [3.63, 3.8) is 0 Å². The van der Waals surface area contributed by atoms with Crippen molar-refractivity contribution in [3.05, 3.63) is 71.9 Å². The second-order valence-electron chi connectivity index (χ2n) is 10.9. The Morgan fingerprint density at radius 1 is 1.15 bits per heavy atom. The summed E-state index contributed by atoms with van der Waals surface area (Å²) in [5.74, 6) is -0.271. The summed E-state index contributed by atoms with van der Waals surface area (Å²) in [4.78, 5) is 17.2. The molecular formula is C29H31FN4O4S. The van der Waals surface area contributed by atoms with Gasteiger partial charge in [-0.3, -0.25) is 14.5 Å². The largest absolute Gasteiger partial charge is 0.456 e. The van der Waals surface area contributed by atoms with E-state index in [0.29, 0.717) is 35.2 Å². The fourth-order valence-electron chi connectivity index (χ4n) is 4.46. The van der Waals surface area contributed by atoms with Crippen LogP contribution in [0.15, 0.2) is 59.9 Å². The number of fused-ring (bicyclic) bond motifs is 1. The number of anilines is 1. The lowest BCUT2D eigenvalue weighted by molar-refractivity contribution is -0.115. The molecule has 8 nitrogen and oxygen atoms in total. The molecule has 0 aliphatic heterocycles. The molecular weight excluding hydrogens is 519 g/mol. The molecule has 2 heterocycles. The summed E-state index contributed by atoms with van der Waals surface area (Å²) in [6.07, 6.45) is 6.94. The molecule has 1 amide bonds. The number of pyridine rings is 1. The zero-order valence-corrected chi connectivity index (χ0v) is 23.2. The van der Waals surface area contributed by atoms with E-state index < -0.39 is 15.7 Å². The third kappa shape index (κ3) is 5.38. The number of sulfone groups is 1. The minimum Gasteiger partial charge on any atom is -0.456 e. The summed E-state index contributed by atoms with van der Waals surface area (Å²) in [5.41, 5.74) is 1.35. The van der Waals surface area contributed by atoms with E-state index in [1.165, 1.54) is 6.07 Å². The Morgan fingerprint density at radius 2 is 1.92 bits per heavy atom. The number of halogens is 1. The first-order chi connectivity index (χ1) is 18.4. The predicted octanol–water partition coefficient (Wildman–Crippen LogP) is 5.93. The molecule has 0 unspecified atom stereocenters. The highest BCUT2D eigenvalue weighted by atomic mass is 32.2. The number of amides is 1. The van der Waals surface area contributed by atoms with Crippen molar-refractivity contribution in [3.8, 4) is 11.5 Å². The summed E-state index contributed by atoms with van der Waals surface area (Å²) in [6, 6.07) is 9.57. The van der Waals surface area contributed by atoms with Crippen LogP contribution in [-0.2, 0) is 26.6 Å². The Morgan fingerprint density at radius 3 is 2.59 bits per heavy atom.